The van der Waals surface area contributed by atoms with Crippen molar-refractivity contribution in [1.82, 2.24) is 5.32 Å². The van der Waals surface area contributed by atoms with Crippen molar-refractivity contribution in [3.63, 3.8) is 0 Å². The van der Waals surface area contributed by atoms with Crippen molar-refractivity contribution in [3.05, 3.63) is 34.7 Å². The second-order valence-corrected chi connectivity index (χ2v) is 6.80. The van der Waals surface area contributed by atoms with Crippen LogP contribution in [0.2, 0.25) is 0 Å². The zero-order valence-corrected chi connectivity index (χ0v) is 14.0. The highest BCUT2D eigenvalue weighted by atomic mass is 32.1. The summed E-state index contributed by atoms with van der Waals surface area (Å²) in [4.78, 5) is 23.1. The second-order valence-electron chi connectivity index (χ2n) is 6.02. The summed E-state index contributed by atoms with van der Waals surface area (Å²) in [6.07, 6.45) is -0.729. The number of furan rings is 1. The van der Waals surface area contributed by atoms with Gasteiger partial charge in [-0.05, 0) is 44.4 Å². The number of aliphatic carboxylic acids is 1. The Morgan fingerprint density at radius 3 is 2.65 bits per heavy atom. The molecule has 2 aromatic heterocycles. The molecule has 0 aliphatic carbocycles. The third kappa shape index (κ3) is 5.14. The van der Waals surface area contributed by atoms with Crippen LogP contribution in [0.5, 0.6) is 0 Å². The quantitative estimate of drug-likeness (QED) is 0.871. The number of rotatable bonds is 5. The molecule has 0 spiro atoms. The van der Waals surface area contributed by atoms with Gasteiger partial charge in [0.1, 0.15) is 23.2 Å². The minimum absolute atomic E-state index is 0.0404. The van der Waals surface area contributed by atoms with Crippen molar-refractivity contribution in [2.24, 2.45) is 0 Å². The molecule has 6 nitrogen and oxygen atoms in total. The fourth-order valence-electron chi connectivity index (χ4n) is 1.90. The number of hydrogen-bond donors (Lipinski definition) is 2. The van der Waals surface area contributed by atoms with Crippen molar-refractivity contribution in [3.8, 4) is 11.3 Å². The molecule has 0 saturated carbocycles. The Bertz CT molecular complexity index is 669. The molecule has 2 N–H and O–H groups in total. The average Bonchev–Trinajstić information content (AvgIpc) is 3.05. The number of carboxylic acid groups (broad SMARTS) is 1. The second kappa shape index (κ2) is 6.87. The lowest BCUT2D eigenvalue weighted by molar-refractivity contribution is -0.139. The molecule has 0 aromatic carbocycles. The maximum Gasteiger partial charge on any atom is 0.408 e. The van der Waals surface area contributed by atoms with E-state index in [1.165, 1.54) is 0 Å². The molecular formula is C16H19NO5S. The predicted octanol–water partition coefficient (Wildman–Crippen LogP) is 3.53. The minimum Gasteiger partial charge on any atom is -0.480 e. The third-order valence-corrected chi connectivity index (χ3v) is 3.54. The van der Waals surface area contributed by atoms with E-state index in [0.717, 1.165) is 5.56 Å². The highest BCUT2D eigenvalue weighted by Gasteiger charge is 2.25. The van der Waals surface area contributed by atoms with E-state index in [9.17, 15) is 14.7 Å². The molecular weight excluding hydrogens is 318 g/mol. The molecule has 1 unspecified atom stereocenters. The number of nitrogens with one attached hydrogen (secondary N) is 1. The van der Waals surface area contributed by atoms with Gasteiger partial charge in [0.25, 0.3) is 0 Å². The van der Waals surface area contributed by atoms with Gasteiger partial charge in [0.2, 0.25) is 0 Å². The summed E-state index contributed by atoms with van der Waals surface area (Å²) in [7, 11) is 0. The highest BCUT2D eigenvalue weighted by Crippen LogP contribution is 2.24. The first-order valence-electron chi connectivity index (χ1n) is 7.08. The largest absolute Gasteiger partial charge is 0.480 e. The van der Waals surface area contributed by atoms with E-state index < -0.39 is 23.7 Å². The monoisotopic (exact) mass is 337 g/mol. The summed E-state index contributed by atoms with van der Waals surface area (Å²) in [6, 6.07) is 4.29. The zero-order chi connectivity index (χ0) is 17.0. The maximum absolute atomic E-state index is 11.7. The van der Waals surface area contributed by atoms with E-state index >= 15 is 0 Å². The first-order chi connectivity index (χ1) is 10.7. The molecule has 1 atom stereocenters. The van der Waals surface area contributed by atoms with Gasteiger partial charge in [0.05, 0.1) is 0 Å². The van der Waals surface area contributed by atoms with Crippen LogP contribution in [-0.4, -0.2) is 28.8 Å². The molecule has 0 radical (unpaired) electrons. The number of ether oxygens (including phenoxy) is 1. The predicted molar refractivity (Wildman–Crippen MR) is 86.5 cm³/mol. The molecule has 124 valence electrons. The molecule has 23 heavy (non-hydrogen) atoms. The first kappa shape index (κ1) is 17.1. The summed E-state index contributed by atoms with van der Waals surface area (Å²) in [5.74, 6) is 0.00154. The first-order valence-corrected chi connectivity index (χ1v) is 8.02. The molecule has 0 aliphatic rings. The van der Waals surface area contributed by atoms with Crippen LogP contribution < -0.4 is 5.32 Å². The minimum atomic E-state index is -1.15. The van der Waals surface area contributed by atoms with E-state index in [1.807, 2.05) is 16.8 Å². The fourth-order valence-corrected chi connectivity index (χ4v) is 2.54. The van der Waals surface area contributed by atoms with Crippen LogP contribution >= 0.6 is 11.3 Å². The van der Waals surface area contributed by atoms with E-state index in [2.05, 4.69) is 5.32 Å². The molecule has 2 heterocycles. The molecule has 2 aromatic rings. The maximum atomic E-state index is 11.7. The smallest absolute Gasteiger partial charge is 0.408 e. The molecule has 0 bridgehead atoms. The van der Waals surface area contributed by atoms with Crippen LogP contribution in [0.25, 0.3) is 11.3 Å². The van der Waals surface area contributed by atoms with E-state index in [4.69, 9.17) is 9.15 Å². The Morgan fingerprint density at radius 2 is 2.09 bits per heavy atom. The molecule has 2 rings (SSSR count). The molecule has 7 heteroatoms. The number of thiophene rings is 1. The van der Waals surface area contributed by atoms with Crippen molar-refractivity contribution in [1.29, 1.82) is 0 Å². The summed E-state index contributed by atoms with van der Waals surface area (Å²) >= 11 is 1.55. The van der Waals surface area contributed by atoms with Gasteiger partial charge in [0, 0.05) is 17.4 Å². The molecule has 1 amide bonds. The Labute approximate surface area is 138 Å². The summed E-state index contributed by atoms with van der Waals surface area (Å²) in [5, 5.41) is 15.5. The van der Waals surface area contributed by atoms with Gasteiger partial charge in [-0.15, -0.1) is 0 Å². The Balaban J connectivity index is 2.02. The summed E-state index contributed by atoms with van der Waals surface area (Å²) in [5.41, 5.74) is 0.248. The third-order valence-electron chi connectivity index (χ3n) is 2.86. The number of carbonyl (C=O) groups is 2. The standard InChI is InChI=1S/C16H19NO5S/c1-16(2,3)22-15(20)17-12(14(18)19)8-11-4-5-13(21-11)10-6-7-23-9-10/h4-7,9,12H,8H2,1-3H3,(H,17,20)(H,18,19). The number of carbonyl (C=O) groups excluding carboxylic acids is 1. The Morgan fingerprint density at radius 1 is 1.35 bits per heavy atom. The van der Waals surface area contributed by atoms with Crippen molar-refractivity contribution in [2.75, 3.05) is 0 Å². The van der Waals surface area contributed by atoms with Gasteiger partial charge < -0.3 is 19.6 Å². The molecule has 0 fully saturated rings. The van der Waals surface area contributed by atoms with E-state index in [1.54, 1.807) is 44.2 Å². The lowest BCUT2D eigenvalue weighted by Gasteiger charge is -2.21. The van der Waals surface area contributed by atoms with Gasteiger partial charge in [-0.2, -0.15) is 11.3 Å². The van der Waals surface area contributed by atoms with Crippen molar-refractivity contribution >= 4 is 23.4 Å². The van der Waals surface area contributed by atoms with Crippen LogP contribution in [-0.2, 0) is 16.0 Å². The summed E-state index contributed by atoms with van der Waals surface area (Å²) < 4.78 is 10.7. The number of alkyl carbamates (subject to hydrolysis) is 1. The Hall–Kier alpha value is -2.28. The normalized spacial score (nSPS) is 12.7. The van der Waals surface area contributed by atoms with Crippen LogP contribution in [0.4, 0.5) is 4.79 Å². The number of hydrogen-bond acceptors (Lipinski definition) is 5. The summed E-state index contributed by atoms with van der Waals surface area (Å²) in [6.45, 7) is 5.13. The van der Waals surface area contributed by atoms with E-state index in [0.29, 0.717) is 11.5 Å². The van der Waals surface area contributed by atoms with Gasteiger partial charge >= 0.3 is 12.1 Å². The van der Waals surface area contributed by atoms with Crippen LogP contribution in [0, 0.1) is 0 Å². The van der Waals surface area contributed by atoms with Gasteiger partial charge in [0.15, 0.2) is 0 Å². The lowest BCUT2D eigenvalue weighted by Crippen LogP contribution is -2.44. The average molecular weight is 337 g/mol. The van der Waals surface area contributed by atoms with Crippen LogP contribution in [0.15, 0.2) is 33.4 Å². The van der Waals surface area contributed by atoms with Gasteiger partial charge in [-0.3, -0.25) is 0 Å². The van der Waals surface area contributed by atoms with Crippen LogP contribution in [0.1, 0.15) is 26.5 Å². The molecule has 0 aliphatic heterocycles. The number of carboxylic acids is 1. The lowest BCUT2D eigenvalue weighted by atomic mass is 10.1. The topological polar surface area (TPSA) is 88.8 Å². The van der Waals surface area contributed by atoms with Crippen molar-refractivity contribution in [2.45, 2.75) is 38.8 Å². The van der Waals surface area contributed by atoms with E-state index in [-0.39, 0.29) is 6.42 Å². The Kier molecular flexibility index (Phi) is 5.10. The van der Waals surface area contributed by atoms with Gasteiger partial charge in [-0.25, -0.2) is 9.59 Å². The van der Waals surface area contributed by atoms with Gasteiger partial charge in [-0.1, -0.05) is 0 Å². The SMILES string of the molecule is CC(C)(C)OC(=O)NC(Cc1ccc(-c2ccsc2)o1)C(=O)O. The fraction of sp³-hybridized carbons (Fsp3) is 0.375. The van der Waals surface area contributed by atoms with Crippen LogP contribution in [0.3, 0.4) is 0 Å². The zero-order valence-electron chi connectivity index (χ0n) is 13.2. The van der Waals surface area contributed by atoms with Crippen molar-refractivity contribution < 1.29 is 23.8 Å². The highest BCUT2D eigenvalue weighted by molar-refractivity contribution is 7.08. The molecule has 0 saturated heterocycles. The number of amides is 1.